The number of ether oxygens (including phenoxy) is 1. The number of carbonyl (C=O) groups is 1. The fourth-order valence-corrected chi connectivity index (χ4v) is 2.45. The Hall–Kier alpha value is -1.69. The molecule has 6 heteroatoms. The highest BCUT2D eigenvalue weighted by atomic mass is 19.2. The van der Waals surface area contributed by atoms with Crippen molar-refractivity contribution in [3.63, 3.8) is 0 Å². The molecule has 122 valence electrons. The number of carbonyl (C=O) groups excluding carboxylic acids is 1. The molecule has 1 saturated heterocycles. The summed E-state index contributed by atoms with van der Waals surface area (Å²) < 4.78 is 32.7. The molecule has 0 bridgehead atoms. The van der Waals surface area contributed by atoms with Crippen LogP contribution in [0.25, 0.3) is 0 Å². The Bertz CT molecular complexity index is 550. The van der Waals surface area contributed by atoms with Crippen molar-refractivity contribution in [3.05, 3.63) is 29.3 Å². The molecule has 1 aromatic carbocycles. The third-order valence-corrected chi connectivity index (χ3v) is 3.40. The van der Waals surface area contributed by atoms with Gasteiger partial charge in [-0.25, -0.2) is 13.6 Å². The molecule has 1 atom stereocenters. The number of benzene rings is 1. The molecule has 0 spiro atoms. The van der Waals surface area contributed by atoms with Crippen molar-refractivity contribution >= 4 is 11.8 Å². The molecule has 1 fully saturated rings. The normalized spacial score (nSPS) is 18.9. The molecule has 0 aliphatic carbocycles. The van der Waals surface area contributed by atoms with Crippen molar-refractivity contribution in [2.75, 3.05) is 11.9 Å². The number of hydrogen-bond donors (Lipinski definition) is 2. The van der Waals surface area contributed by atoms with Gasteiger partial charge in [-0.05, 0) is 57.9 Å². The van der Waals surface area contributed by atoms with E-state index in [9.17, 15) is 13.6 Å². The molecule has 22 heavy (non-hydrogen) atoms. The van der Waals surface area contributed by atoms with Gasteiger partial charge in [-0.1, -0.05) is 6.42 Å². The van der Waals surface area contributed by atoms with Crippen LogP contribution in [0.15, 0.2) is 12.1 Å². The van der Waals surface area contributed by atoms with E-state index in [4.69, 9.17) is 4.74 Å². The van der Waals surface area contributed by atoms with Crippen LogP contribution in [0.5, 0.6) is 0 Å². The first-order chi connectivity index (χ1) is 10.3. The van der Waals surface area contributed by atoms with Gasteiger partial charge in [0.05, 0.1) is 5.69 Å². The quantitative estimate of drug-likeness (QED) is 0.863. The van der Waals surface area contributed by atoms with Crippen LogP contribution in [0.3, 0.4) is 0 Å². The minimum Gasteiger partial charge on any atom is -0.444 e. The van der Waals surface area contributed by atoms with Crippen molar-refractivity contribution in [1.82, 2.24) is 5.32 Å². The molecule has 2 rings (SSSR count). The Kier molecular flexibility index (Phi) is 5.01. The van der Waals surface area contributed by atoms with Gasteiger partial charge in [0.1, 0.15) is 5.60 Å². The highest BCUT2D eigenvalue weighted by Crippen LogP contribution is 2.28. The van der Waals surface area contributed by atoms with Crippen molar-refractivity contribution in [2.24, 2.45) is 0 Å². The molecule has 0 radical (unpaired) electrons. The van der Waals surface area contributed by atoms with E-state index in [1.807, 2.05) is 0 Å². The van der Waals surface area contributed by atoms with Gasteiger partial charge >= 0.3 is 6.09 Å². The van der Waals surface area contributed by atoms with Gasteiger partial charge in [-0.2, -0.15) is 0 Å². The maximum atomic E-state index is 13.9. The van der Waals surface area contributed by atoms with Crippen LogP contribution in [0, 0.1) is 11.6 Å². The molecule has 1 aliphatic rings. The number of nitrogens with one attached hydrogen (secondary N) is 2. The SMILES string of the molecule is CC(C)(C)OC(=O)Nc1cc(C2CCCCN2)cc(F)c1F. The highest BCUT2D eigenvalue weighted by molar-refractivity contribution is 5.85. The highest BCUT2D eigenvalue weighted by Gasteiger charge is 2.22. The van der Waals surface area contributed by atoms with Gasteiger partial charge in [0.25, 0.3) is 0 Å². The lowest BCUT2D eigenvalue weighted by atomic mass is 9.97. The first-order valence-corrected chi connectivity index (χ1v) is 7.48. The lowest BCUT2D eigenvalue weighted by Crippen LogP contribution is -2.28. The van der Waals surface area contributed by atoms with E-state index < -0.39 is 23.3 Å². The second kappa shape index (κ2) is 6.60. The van der Waals surface area contributed by atoms with E-state index in [0.717, 1.165) is 25.8 Å². The summed E-state index contributed by atoms with van der Waals surface area (Å²) in [4.78, 5) is 11.7. The average Bonchev–Trinajstić information content (AvgIpc) is 2.42. The molecule has 1 aromatic rings. The maximum Gasteiger partial charge on any atom is 0.412 e. The molecular weight excluding hydrogens is 290 g/mol. The van der Waals surface area contributed by atoms with Gasteiger partial charge in [0.2, 0.25) is 0 Å². The van der Waals surface area contributed by atoms with Crippen LogP contribution in [-0.2, 0) is 4.74 Å². The zero-order valence-electron chi connectivity index (χ0n) is 13.1. The number of halogens is 2. The van der Waals surface area contributed by atoms with Crippen LogP contribution in [-0.4, -0.2) is 18.2 Å². The van der Waals surface area contributed by atoms with Gasteiger partial charge in [-0.3, -0.25) is 5.32 Å². The van der Waals surface area contributed by atoms with E-state index in [0.29, 0.717) is 5.56 Å². The lowest BCUT2D eigenvalue weighted by Gasteiger charge is -2.25. The minimum atomic E-state index is -1.08. The Morgan fingerprint density at radius 3 is 2.64 bits per heavy atom. The first kappa shape index (κ1) is 16.7. The summed E-state index contributed by atoms with van der Waals surface area (Å²) in [6, 6.07) is 2.62. The van der Waals surface area contributed by atoms with Crippen molar-refractivity contribution < 1.29 is 18.3 Å². The molecule has 0 saturated carbocycles. The zero-order valence-corrected chi connectivity index (χ0v) is 13.1. The standard InChI is InChI=1S/C16H22F2N2O2/c1-16(2,3)22-15(21)20-13-9-10(8-11(17)14(13)18)12-6-4-5-7-19-12/h8-9,12,19H,4-7H2,1-3H3,(H,20,21). The number of anilines is 1. The van der Waals surface area contributed by atoms with Crippen LogP contribution in [0.1, 0.15) is 51.6 Å². The third kappa shape index (κ3) is 4.40. The Morgan fingerprint density at radius 1 is 1.32 bits per heavy atom. The number of hydrogen-bond acceptors (Lipinski definition) is 3. The fourth-order valence-electron chi connectivity index (χ4n) is 2.45. The van der Waals surface area contributed by atoms with Crippen molar-refractivity contribution in [3.8, 4) is 0 Å². The topological polar surface area (TPSA) is 50.4 Å². The molecule has 2 N–H and O–H groups in total. The predicted octanol–water partition coefficient (Wildman–Crippen LogP) is 4.13. The fraction of sp³-hybridized carbons (Fsp3) is 0.562. The van der Waals surface area contributed by atoms with E-state index >= 15 is 0 Å². The summed E-state index contributed by atoms with van der Waals surface area (Å²) in [5, 5.41) is 5.55. The smallest absolute Gasteiger partial charge is 0.412 e. The Balaban J connectivity index is 2.19. The molecular formula is C16H22F2N2O2. The molecule has 4 nitrogen and oxygen atoms in total. The number of piperidine rings is 1. The van der Waals surface area contributed by atoms with E-state index in [-0.39, 0.29) is 11.7 Å². The zero-order chi connectivity index (χ0) is 16.3. The molecule has 0 aromatic heterocycles. The van der Waals surface area contributed by atoms with Gasteiger partial charge < -0.3 is 10.1 Å². The molecule has 1 unspecified atom stereocenters. The average molecular weight is 312 g/mol. The van der Waals surface area contributed by atoms with Gasteiger partial charge in [0.15, 0.2) is 11.6 Å². The summed E-state index contributed by atoms with van der Waals surface area (Å²) in [6.45, 7) is 5.95. The van der Waals surface area contributed by atoms with E-state index in [1.165, 1.54) is 12.1 Å². The monoisotopic (exact) mass is 312 g/mol. The van der Waals surface area contributed by atoms with E-state index in [2.05, 4.69) is 10.6 Å². The van der Waals surface area contributed by atoms with Crippen molar-refractivity contribution in [1.29, 1.82) is 0 Å². The summed E-state index contributed by atoms with van der Waals surface area (Å²) >= 11 is 0. The van der Waals surface area contributed by atoms with Crippen LogP contribution in [0.2, 0.25) is 0 Å². The maximum absolute atomic E-state index is 13.9. The van der Waals surface area contributed by atoms with Crippen molar-refractivity contribution in [2.45, 2.75) is 51.7 Å². The van der Waals surface area contributed by atoms with Crippen LogP contribution >= 0.6 is 0 Å². The van der Waals surface area contributed by atoms with Crippen LogP contribution < -0.4 is 10.6 Å². The first-order valence-electron chi connectivity index (χ1n) is 7.48. The second-order valence-corrected chi connectivity index (χ2v) is 6.49. The van der Waals surface area contributed by atoms with Gasteiger partial charge in [0, 0.05) is 6.04 Å². The number of amides is 1. The summed E-state index contributed by atoms with van der Waals surface area (Å²) in [7, 11) is 0. The summed E-state index contributed by atoms with van der Waals surface area (Å²) in [5.74, 6) is -2.05. The molecule has 1 amide bonds. The number of rotatable bonds is 2. The molecule has 1 aliphatic heterocycles. The predicted molar refractivity (Wildman–Crippen MR) is 80.8 cm³/mol. The second-order valence-electron chi connectivity index (χ2n) is 6.49. The Labute approximate surface area is 129 Å². The summed E-state index contributed by atoms with van der Waals surface area (Å²) in [6.07, 6.45) is 2.16. The Morgan fingerprint density at radius 2 is 2.05 bits per heavy atom. The lowest BCUT2D eigenvalue weighted by molar-refractivity contribution is 0.0635. The minimum absolute atomic E-state index is 0.0250. The van der Waals surface area contributed by atoms with Gasteiger partial charge in [-0.15, -0.1) is 0 Å². The third-order valence-electron chi connectivity index (χ3n) is 3.40. The summed E-state index contributed by atoms with van der Waals surface area (Å²) in [5.41, 5.74) is -0.275. The molecule has 1 heterocycles. The van der Waals surface area contributed by atoms with Crippen LogP contribution in [0.4, 0.5) is 19.3 Å². The van der Waals surface area contributed by atoms with E-state index in [1.54, 1.807) is 20.8 Å². The largest absolute Gasteiger partial charge is 0.444 e.